The van der Waals surface area contributed by atoms with Gasteiger partial charge in [-0.05, 0) is 11.8 Å². The summed E-state index contributed by atoms with van der Waals surface area (Å²) in [5.74, 6) is -1.29. The van der Waals surface area contributed by atoms with Crippen molar-refractivity contribution < 1.29 is 4.57 Å². The first-order valence-corrected chi connectivity index (χ1v) is 7.51. The summed E-state index contributed by atoms with van der Waals surface area (Å²) in [7, 11) is 2.24. The standard InChI is InChI=1S/H3OPS2Si/c1-2(3)4-5/h5H3. The van der Waals surface area contributed by atoms with Gasteiger partial charge in [0, 0.05) is 0 Å². The monoisotopic (exact) mass is 142 g/mol. The van der Waals surface area contributed by atoms with E-state index < -0.39 is 5.78 Å². The van der Waals surface area contributed by atoms with Crippen molar-refractivity contribution in [2.45, 2.75) is 0 Å². The maximum atomic E-state index is 9.77. The maximum absolute atomic E-state index is 9.77. The molecule has 0 aliphatic heterocycles. The summed E-state index contributed by atoms with van der Waals surface area (Å²) in [6.07, 6.45) is 0. The molecule has 0 aromatic carbocycles. The average molecular weight is 142 g/mol. The van der Waals surface area contributed by atoms with E-state index in [1.807, 2.05) is 0 Å². The Balaban J connectivity index is 3.23. The lowest BCUT2D eigenvalue weighted by Crippen LogP contribution is -1.26. The molecule has 0 heterocycles. The van der Waals surface area contributed by atoms with E-state index in [1.165, 1.54) is 10.8 Å². The molecule has 1 unspecified atom stereocenters. The zero-order valence-electron chi connectivity index (χ0n) is 2.67. The second kappa shape index (κ2) is 3.09. The van der Waals surface area contributed by atoms with Crippen LogP contribution in [0.1, 0.15) is 0 Å². The fourth-order valence-corrected chi connectivity index (χ4v) is 0. The first-order chi connectivity index (χ1) is 2.27. The van der Waals surface area contributed by atoms with Crippen molar-refractivity contribution in [2.24, 2.45) is 0 Å². The van der Waals surface area contributed by atoms with Gasteiger partial charge >= 0.3 is 0 Å². The van der Waals surface area contributed by atoms with E-state index in [-0.39, 0.29) is 0 Å². The van der Waals surface area contributed by atoms with Gasteiger partial charge in [-0.1, -0.05) is 10.8 Å². The Morgan fingerprint density at radius 3 is 2.20 bits per heavy atom. The van der Waals surface area contributed by atoms with Gasteiger partial charge in [-0.25, -0.2) is 0 Å². The Morgan fingerprint density at radius 2 is 2.20 bits per heavy atom. The molecule has 0 spiro atoms. The number of rotatable bonds is 1. The summed E-state index contributed by atoms with van der Waals surface area (Å²) in [6.45, 7) is 0. The summed E-state index contributed by atoms with van der Waals surface area (Å²) in [5, 5.41) is 0. The SMILES string of the molecule is O=P(=S)S[SiH3]. The largest absolute Gasteiger partial charge is 0.259 e. The van der Waals surface area contributed by atoms with Crippen LogP contribution in [-0.4, -0.2) is 9.39 Å². The smallest absolute Gasteiger partial charge is 0.219 e. The topological polar surface area (TPSA) is 17.1 Å². The molecule has 5 heteroatoms. The van der Waals surface area contributed by atoms with E-state index in [0.717, 1.165) is 9.39 Å². The highest BCUT2D eigenvalue weighted by Gasteiger charge is 1.67. The van der Waals surface area contributed by atoms with E-state index in [9.17, 15) is 4.57 Å². The van der Waals surface area contributed by atoms with Crippen LogP contribution in [0.4, 0.5) is 0 Å². The second-order valence-electron chi connectivity index (χ2n) is 0.406. The van der Waals surface area contributed by atoms with E-state index in [0.29, 0.717) is 0 Å². The Hall–Kier alpha value is 0.887. The van der Waals surface area contributed by atoms with Gasteiger partial charge in [-0.15, -0.1) is 0 Å². The summed E-state index contributed by atoms with van der Waals surface area (Å²) in [4.78, 5) is 0. The van der Waals surface area contributed by atoms with E-state index in [1.54, 1.807) is 0 Å². The molecular formula is H3OPS2Si. The minimum atomic E-state index is -1.29. The van der Waals surface area contributed by atoms with Crippen molar-refractivity contribution in [3.8, 4) is 0 Å². The molecule has 0 rings (SSSR count). The van der Waals surface area contributed by atoms with Crippen molar-refractivity contribution in [1.29, 1.82) is 0 Å². The normalized spacial score (nSPS) is 11.6. The van der Waals surface area contributed by atoms with Gasteiger partial charge in [0.2, 0.25) is 5.78 Å². The highest BCUT2D eigenvalue weighted by Crippen LogP contribution is 2.18. The molecule has 5 heavy (non-hydrogen) atoms. The van der Waals surface area contributed by atoms with E-state index in [4.69, 9.17) is 0 Å². The first-order valence-electron chi connectivity index (χ1n) is 0.956. The molecule has 0 saturated carbocycles. The molecule has 1 nitrogen and oxygen atoms in total. The molecule has 0 aromatic rings. The molecule has 0 radical (unpaired) electrons. The summed E-state index contributed by atoms with van der Waals surface area (Å²) in [5.41, 5.74) is 0. The van der Waals surface area contributed by atoms with Crippen LogP contribution in [0.15, 0.2) is 0 Å². The van der Waals surface area contributed by atoms with Crippen LogP contribution in [-0.2, 0) is 16.4 Å². The van der Waals surface area contributed by atoms with Crippen LogP contribution < -0.4 is 0 Å². The molecule has 0 saturated heterocycles. The predicted octanol–water partition coefficient (Wildman–Crippen LogP) is 0.204. The molecule has 0 amide bonds. The van der Waals surface area contributed by atoms with Gasteiger partial charge in [0.05, 0.1) is 9.39 Å². The zero-order chi connectivity index (χ0) is 4.28. The Bertz CT molecular complexity index is 67.7. The van der Waals surface area contributed by atoms with Gasteiger partial charge < -0.3 is 0 Å². The van der Waals surface area contributed by atoms with Crippen molar-refractivity contribution in [2.75, 3.05) is 0 Å². The molecular weight excluding hydrogens is 139 g/mol. The Morgan fingerprint density at radius 1 is 2.00 bits per heavy atom. The van der Waals surface area contributed by atoms with Crippen LogP contribution in [0.25, 0.3) is 0 Å². The predicted molar refractivity (Wildman–Crippen MR) is 32.5 cm³/mol. The second-order valence-corrected chi connectivity index (χ2v) is 8.28. The Labute approximate surface area is 42.8 Å². The van der Waals surface area contributed by atoms with Crippen LogP contribution in [0.3, 0.4) is 0 Å². The molecule has 0 aromatic heterocycles. The third kappa shape index (κ3) is 4.89. The van der Waals surface area contributed by atoms with Gasteiger partial charge in [-0.2, -0.15) is 0 Å². The molecule has 30 valence electrons. The lowest BCUT2D eigenvalue weighted by Gasteiger charge is -1.59. The zero-order valence-corrected chi connectivity index (χ0v) is 7.20. The highest BCUT2D eigenvalue weighted by molar-refractivity contribution is 8.69. The van der Waals surface area contributed by atoms with Crippen LogP contribution in [0, 0.1) is 0 Å². The molecule has 0 aliphatic rings. The van der Waals surface area contributed by atoms with Crippen molar-refractivity contribution in [3.63, 3.8) is 0 Å². The average Bonchev–Trinajstić information content (AvgIpc) is 1.38. The highest BCUT2D eigenvalue weighted by atomic mass is 33.0. The lowest BCUT2D eigenvalue weighted by molar-refractivity contribution is 0.605. The molecule has 0 aliphatic carbocycles. The van der Waals surface area contributed by atoms with Crippen LogP contribution in [0.2, 0.25) is 0 Å². The number of hydrogen-bond donors (Lipinski definition) is 0. The minimum Gasteiger partial charge on any atom is -0.259 e. The fourth-order valence-electron chi connectivity index (χ4n) is 0. The third-order valence-electron chi connectivity index (χ3n) is 0.149. The molecule has 1 atom stereocenters. The lowest BCUT2D eigenvalue weighted by atomic mass is 16.0. The first kappa shape index (κ1) is 5.89. The van der Waals surface area contributed by atoms with Gasteiger partial charge in [0.1, 0.15) is 0 Å². The summed E-state index contributed by atoms with van der Waals surface area (Å²) < 4.78 is 9.77. The van der Waals surface area contributed by atoms with E-state index >= 15 is 0 Å². The van der Waals surface area contributed by atoms with Gasteiger partial charge in [0.25, 0.3) is 0 Å². The quantitative estimate of drug-likeness (QED) is 0.385. The number of hydrogen-bond acceptors (Lipinski definition) is 3. The third-order valence-corrected chi connectivity index (χ3v) is 8.05. The van der Waals surface area contributed by atoms with Gasteiger partial charge in [-0.3, -0.25) is 4.57 Å². The van der Waals surface area contributed by atoms with Gasteiger partial charge in [0.15, 0.2) is 0 Å². The fraction of sp³-hybridized carbons (Fsp3) is 0. The Kier molecular flexibility index (Phi) is 3.64. The summed E-state index contributed by atoms with van der Waals surface area (Å²) >= 11 is 4.29. The summed E-state index contributed by atoms with van der Waals surface area (Å²) in [6, 6.07) is 0. The molecule has 0 fully saturated rings. The minimum absolute atomic E-state index is 0.902. The maximum Gasteiger partial charge on any atom is 0.219 e. The molecule has 0 N–H and O–H groups in total. The van der Waals surface area contributed by atoms with Crippen LogP contribution >= 0.6 is 16.6 Å². The van der Waals surface area contributed by atoms with Crippen molar-refractivity contribution in [1.82, 2.24) is 0 Å². The van der Waals surface area contributed by atoms with Crippen molar-refractivity contribution >= 4 is 37.8 Å². The van der Waals surface area contributed by atoms with E-state index in [2.05, 4.69) is 11.8 Å². The van der Waals surface area contributed by atoms with Crippen LogP contribution in [0.5, 0.6) is 0 Å². The van der Waals surface area contributed by atoms with Crippen molar-refractivity contribution in [3.05, 3.63) is 0 Å². The molecule has 0 bridgehead atoms.